The number of nitrogens with zero attached hydrogens (tertiary/aromatic N) is 3. The van der Waals surface area contributed by atoms with Gasteiger partial charge in [-0.3, -0.25) is 4.68 Å². The number of anilines is 2. The highest BCUT2D eigenvalue weighted by Gasteiger charge is 2.03. The highest BCUT2D eigenvalue weighted by molar-refractivity contribution is 9.10. The summed E-state index contributed by atoms with van der Waals surface area (Å²) in [6.07, 6.45) is 5.51. The Morgan fingerprint density at radius 1 is 1.10 bits per heavy atom. The van der Waals surface area contributed by atoms with Crippen LogP contribution in [0.15, 0.2) is 65.5 Å². The predicted octanol–water partition coefficient (Wildman–Crippen LogP) is 3.83. The number of hydrogen-bond donors (Lipinski definition) is 1. The Bertz CT molecular complexity index is 694. The van der Waals surface area contributed by atoms with Crippen molar-refractivity contribution in [1.82, 2.24) is 14.8 Å². The molecule has 0 fully saturated rings. The molecule has 20 heavy (non-hydrogen) atoms. The standard InChI is InChI=1S/C15H13BrN4/c16-14-7-4-8-17-15(14)19-13-9-18-20(11-13)10-12-5-2-1-3-6-12/h1-9,11H,10H2,(H,17,19). The number of rotatable bonds is 4. The smallest absolute Gasteiger partial charge is 0.144 e. The SMILES string of the molecule is Brc1cccnc1Nc1cnn(Cc2ccccc2)c1. The number of halogens is 1. The van der Waals surface area contributed by atoms with Gasteiger partial charge < -0.3 is 5.32 Å². The van der Waals surface area contributed by atoms with Gasteiger partial charge in [-0.1, -0.05) is 30.3 Å². The van der Waals surface area contributed by atoms with E-state index < -0.39 is 0 Å². The lowest BCUT2D eigenvalue weighted by Crippen LogP contribution is -1.99. The van der Waals surface area contributed by atoms with Crippen molar-refractivity contribution in [3.05, 3.63) is 71.1 Å². The first-order valence-corrected chi connectivity index (χ1v) is 7.04. The van der Waals surface area contributed by atoms with Crippen LogP contribution in [0.3, 0.4) is 0 Å². The molecule has 0 aliphatic rings. The minimum Gasteiger partial charge on any atom is -0.337 e. The summed E-state index contributed by atoms with van der Waals surface area (Å²) in [6, 6.07) is 14.1. The normalized spacial score (nSPS) is 10.4. The average molecular weight is 329 g/mol. The molecule has 1 aromatic carbocycles. The number of benzene rings is 1. The zero-order valence-electron chi connectivity index (χ0n) is 10.7. The maximum Gasteiger partial charge on any atom is 0.144 e. The fourth-order valence-corrected chi connectivity index (χ4v) is 2.25. The predicted molar refractivity (Wildman–Crippen MR) is 83.0 cm³/mol. The van der Waals surface area contributed by atoms with Crippen molar-refractivity contribution in [2.45, 2.75) is 6.54 Å². The monoisotopic (exact) mass is 328 g/mol. The summed E-state index contributed by atoms with van der Waals surface area (Å²) in [7, 11) is 0. The lowest BCUT2D eigenvalue weighted by atomic mass is 10.2. The van der Waals surface area contributed by atoms with E-state index in [2.05, 4.69) is 43.5 Å². The third-order valence-electron chi connectivity index (χ3n) is 2.84. The minimum absolute atomic E-state index is 0.756. The average Bonchev–Trinajstić information content (AvgIpc) is 2.90. The zero-order valence-corrected chi connectivity index (χ0v) is 12.3. The number of aromatic nitrogens is 3. The van der Waals surface area contributed by atoms with Crippen LogP contribution in [0.2, 0.25) is 0 Å². The Kier molecular flexibility index (Phi) is 3.78. The van der Waals surface area contributed by atoms with Crippen molar-refractivity contribution in [3.8, 4) is 0 Å². The van der Waals surface area contributed by atoms with E-state index in [1.807, 2.05) is 41.2 Å². The second-order valence-electron chi connectivity index (χ2n) is 4.37. The molecular weight excluding hydrogens is 316 g/mol. The van der Waals surface area contributed by atoms with Crippen molar-refractivity contribution in [3.63, 3.8) is 0 Å². The minimum atomic E-state index is 0.756. The molecule has 0 aliphatic heterocycles. The van der Waals surface area contributed by atoms with Crippen molar-refractivity contribution >= 4 is 27.4 Å². The molecule has 3 rings (SSSR count). The molecule has 0 bridgehead atoms. The van der Waals surface area contributed by atoms with Gasteiger partial charge in [0.05, 0.1) is 22.9 Å². The zero-order chi connectivity index (χ0) is 13.8. The quantitative estimate of drug-likeness (QED) is 0.791. The molecule has 0 saturated heterocycles. The van der Waals surface area contributed by atoms with Crippen LogP contribution < -0.4 is 5.32 Å². The number of hydrogen-bond acceptors (Lipinski definition) is 3. The Labute approximate surface area is 125 Å². The van der Waals surface area contributed by atoms with Gasteiger partial charge in [-0.25, -0.2) is 4.98 Å². The molecule has 0 atom stereocenters. The van der Waals surface area contributed by atoms with Crippen molar-refractivity contribution < 1.29 is 0 Å². The van der Waals surface area contributed by atoms with Gasteiger partial charge in [0.2, 0.25) is 0 Å². The Morgan fingerprint density at radius 3 is 2.75 bits per heavy atom. The summed E-state index contributed by atoms with van der Waals surface area (Å²) >= 11 is 3.46. The summed E-state index contributed by atoms with van der Waals surface area (Å²) in [5.74, 6) is 0.784. The molecular formula is C15H13BrN4. The van der Waals surface area contributed by atoms with E-state index in [9.17, 15) is 0 Å². The van der Waals surface area contributed by atoms with Gasteiger partial charge in [-0.05, 0) is 33.6 Å². The van der Waals surface area contributed by atoms with Crippen LogP contribution in [-0.4, -0.2) is 14.8 Å². The number of nitrogens with one attached hydrogen (secondary N) is 1. The van der Waals surface area contributed by atoms with E-state index in [0.717, 1.165) is 22.5 Å². The van der Waals surface area contributed by atoms with Crippen LogP contribution in [0.1, 0.15) is 5.56 Å². The largest absolute Gasteiger partial charge is 0.337 e. The van der Waals surface area contributed by atoms with Gasteiger partial charge in [0, 0.05) is 12.4 Å². The molecule has 0 aliphatic carbocycles. The fourth-order valence-electron chi connectivity index (χ4n) is 1.90. The molecule has 1 N–H and O–H groups in total. The van der Waals surface area contributed by atoms with Crippen LogP contribution in [-0.2, 0) is 6.54 Å². The summed E-state index contributed by atoms with van der Waals surface area (Å²) in [4.78, 5) is 4.27. The van der Waals surface area contributed by atoms with Crippen LogP contribution in [0.4, 0.5) is 11.5 Å². The molecule has 0 saturated carbocycles. The Hall–Kier alpha value is -2.14. The molecule has 4 nitrogen and oxygen atoms in total. The highest BCUT2D eigenvalue weighted by atomic mass is 79.9. The van der Waals surface area contributed by atoms with E-state index in [1.165, 1.54) is 5.56 Å². The Balaban J connectivity index is 1.73. The first-order valence-electron chi connectivity index (χ1n) is 6.25. The summed E-state index contributed by atoms with van der Waals surface area (Å²) in [5.41, 5.74) is 2.14. The molecule has 2 heterocycles. The van der Waals surface area contributed by atoms with Crippen molar-refractivity contribution in [1.29, 1.82) is 0 Å². The lowest BCUT2D eigenvalue weighted by Gasteiger charge is -2.04. The van der Waals surface area contributed by atoms with Gasteiger partial charge >= 0.3 is 0 Å². The van der Waals surface area contributed by atoms with Crippen LogP contribution in [0.5, 0.6) is 0 Å². The van der Waals surface area contributed by atoms with Crippen LogP contribution >= 0.6 is 15.9 Å². The molecule has 0 spiro atoms. The van der Waals surface area contributed by atoms with Crippen LogP contribution in [0, 0.1) is 0 Å². The van der Waals surface area contributed by atoms with Crippen LogP contribution in [0.25, 0.3) is 0 Å². The Morgan fingerprint density at radius 2 is 1.95 bits per heavy atom. The maximum absolute atomic E-state index is 4.35. The van der Waals surface area contributed by atoms with Gasteiger partial charge in [0.25, 0.3) is 0 Å². The third kappa shape index (κ3) is 3.05. The molecule has 0 radical (unpaired) electrons. The first kappa shape index (κ1) is 12.9. The van der Waals surface area contributed by atoms with E-state index >= 15 is 0 Å². The molecule has 0 amide bonds. The molecule has 5 heteroatoms. The molecule has 0 unspecified atom stereocenters. The van der Waals surface area contributed by atoms with E-state index in [4.69, 9.17) is 0 Å². The molecule has 2 aromatic heterocycles. The second kappa shape index (κ2) is 5.88. The van der Waals surface area contributed by atoms with Gasteiger partial charge in [-0.15, -0.1) is 0 Å². The number of pyridine rings is 1. The molecule has 3 aromatic rings. The summed E-state index contributed by atoms with van der Waals surface area (Å²) < 4.78 is 2.82. The fraction of sp³-hybridized carbons (Fsp3) is 0.0667. The summed E-state index contributed by atoms with van der Waals surface area (Å²) in [5, 5.41) is 7.59. The lowest BCUT2D eigenvalue weighted by molar-refractivity contribution is 0.687. The van der Waals surface area contributed by atoms with E-state index in [1.54, 1.807) is 12.4 Å². The highest BCUT2D eigenvalue weighted by Crippen LogP contribution is 2.22. The molecule has 100 valence electrons. The van der Waals surface area contributed by atoms with Crippen molar-refractivity contribution in [2.24, 2.45) is 0 Å². The van der Waals surface area contributed by atoms with E-state index in [0.29, 0.717) is 0 Å². The van der Waals surface area contributed by atoms with Gasteiger partial charge in [0.1, 0.15) is 5.82 Å². The first-order chi connectivity index (χ1) is 9.81. The van der Waals surface area contributed by atoms with Crippen molar-refractivity contribution in [2.75, 3.05) is 5.32 Å². The van der Waals surface area contributed by atoms with Gasteiger partial charge in [0.15, 0.2) is 0 Å². The summed E-state index contributed by atoms with van der Waals surface area (Å²) in [6.45, 7) is 0.756. The maximum atomic E-state index is 4.35. The van der Waals surface area contributed by atoms with E-state index in [-0.39, 0.29) is 0 Å². The topological polar surface area (TPSA) is 42.7 Å². The van der Waals surface area contributed by atoms with Gasteiger partial charge in [-0.2, -0.15) is 5.10 Å². The third-order valence-corrected chi connectivity index (χ3v) is 3.48. The second-order valence-corrected chi connectivity index (χ2v) is 5.23.